The van der Waals surface area contributed by atoms with E-state index in [0.29, 0.717) is 62.4 Å². The number of non-ortho nitro benzene ring substituents is 1. The number of nitrogens with zero attached hydrogens (tertiary/aromatic N) is 2. The fraction of sp³-hybridized carbons (Fsp3) is 0.316. The second-order valence-corrected chi connectivity index (χ2v) is 6.37. The minimum atomic E-state index is -0.510. The lowest BCUT2D eigenvalue weighted by Crippen LogP contribution is -2.37. The molecular weight excluding hydrogens is 366 g/mol. The summed E-state index contributed by atoms with van der Waals surface area (Å²) in [6, 6.07) is 9.43. The number of carbonyl (C=O) groups is 1. The molecule has 0 unspecified atom stereocenters. The van der Waals surface area contributed by atoms with Crippen LogP contribution in [-0.4, -0.2) is 50.3 Å². The van der Waals surface area contributed by atoms with Crippen LogP contribution in [0.5, 0.6) is 11.5 Å². The SMILES string of the molecule is O=C(Nc1ccc2c(c1)OCCO2)c1cc([N+](=O)[O-])ccc1N1CCOCC1. The smallest absolute Gasteiger partial charge is 0.270 e. The third kappa shape index (κ3) is 3.70. The van der Waals surface area contributed by atoms with Crippen molar-refractivity contribution in [1.29, 1.82) is 0 Å². The van der Waals surface area contributed by atoms with E-state index in [1.807, 2.05) is 4.90 Å². The Hall–Kier alpha value is -3.33. The van der Waals surface area contributed by atoms with E-state index in [2.05, 4.69) is 5.32 Å². The summed E-state index contributed by atoms with van der Waals surface area (Å²) >= 11 is 0. The van der Waals surface area contributed by atoms with Gasteiger partial charge in [0.2, 0.25) is 0 Å². The zero-order chi connectivity index (χ0) is 19.5. The first-order chi connectivity index (χ1) is 13.6. The van der Waals surface area contributed by atoms with Gasteiger partial charge < -0.3 is 24.4 Å². The van der Waals surface area contributed by atoms with Crippen LogP contribution >= 0.6 is 0 Å². The molecule has 2 aromatic rings. The van der Waals surface area contributed by atoms with Crippen molar-refractivity contribution in [3.8, 4) is 11.5 Å². The number of nitro groups is 1. The highest BCUT2D eigenvalue weighted by Crippen LogP contribution is 2.33. The summed E-state index contributed by atoms with van der Waals surface area (Å²) in [7, 11) is 0. The largest absolute Gasteiger partial charge is 0.486 e. The Morgan fingerprint density at radius 1 is 1.00 bits per heavy atom. The lowest BCUT2D eigenvalue weighted by Gasteiger charge is -2.30. The summed E-state index contributed by atoms with van der Waals surface area (Å²) in [6.07, 6.45) is 0. The summed E-state index contributed by atoms with van der Waals surface area (Å²) in [4.78, 5) is 25.6. The molecule has 1 N–H and O–H groups in total. The average molecular weight is 385 g/mol. The van der Waals surface area contributed by atoms with Gasteiger partial charge in [0.05, 0.1) is 29.4 Å². The van der Waals surface area contributed by atoms with Crippen LogP contribution in [0, 0.1) is 10.1 Å². The molecule has 28 heavy (non-hydrogen) atoms. The molecule has 1 saturated heterocycles. The van der Waals surface area contributed by atoms with Gasteiger partial charge in [0.25, 0.3) is 11.6 Å². The number of benzene rings is 2. The van der Waals surface area contributed by atoms with Crippen LogP contribution in [0.3, 0.4) is 0 Å². The molecule has 9 nitrogen and oxygen atoms in total. The van der Waals surface area contributed by atoms with Gasteiger partial charge in [-0.05, 0) is 18.2 Å². The molecule has 0 bridgehead atoms. The first-order valence-corrected chi connectivity index (χ1v) is 8.94. The van der Waals surface area contributed by atoms with Gasteiger partial charge in [0.1, 0.15) is 13.2 Å². The number of nitro benzene ring substituents is 1. The summed E-state index contributed by atoms with van der Waals surface area (Å²) < 4.78 is 16.4. The van der Waals surface area contributed by atoms with E-state index in [-0.39, 0.29) is 11.3 Å². The minimum Gasteiger partial charge on any atom is -0.486 e. The predicted molar refractivity (Wildman–Crippen MR) is 102 cm³/mol. The first-order valence-electron chi connectivity index (χ1n) is 8.94. The number of nitrogens with one attached hydrogen (secondary N) is 1. The molecule has 146 valence electrons. The van der Waals surface area contributed by atoms with Gasteiger partial charge in [-0.3, -0.25) is 14.9 Å². The van der Waals surface area contributed by atoms with Crippen molar-refractivity contribution < 1.29 is 23.9 Å². The maximum Gasteiger partial charge on any atom is 0.270 e. The number of rotatable bonds is 4. The first kappa shape index (κ1) is 18.1. The average Bonchev–Trinajstić information content (AvgIpc) is 2.73. The third-order valence-electron chi connectivity index (χ3n) is 4.59. The molecule has 2 aliphatic rings. The number of carbonyl (C=O) groups excluding carboxylic acids is 1. The molecule has 0 spiro atoms. The van der Waals surface area contributed by atoms with E-state index in [1.165, 1.54) is 12.1 Å². The maximum atomic E-state index is 13.0. The normalized spacial score (nSPS) is 15.8. The van der Waals surface area contributed by atoms with Crippen molar-refractivity contribution in [2.45, 2.75) is 0 Å². The topological polar surface area (TPSA) is 103 Å². The van der Waals surface area contributed by atoms with Crippen LogP contribution in [0.25, 0.3) is 0 Å². The molecule has 9 heteroatoms. The van der Waals surface area contributed by atoms with Crippen LogP contribution < -0.4 is 19.7 Å². The van der Waals surface area contributed by atoms with Crippen molar-refractivity contribution >= 4 is 23.0 Å². The lowest BCUT2D eigenvalue weighted by atomic mass is 10.1. The van der Waals surface area contributed by atoms with E-state index >= 15 is 0 Å². The molecule has 1 fully saturated rings. The molecule has 1 amide bonds. The summed E-state index contributed by atoms with van der Waals surface area (Å²) in [5.41, 5.74) is 1.27. The highest BCUT2D eigenvalue weighted by Gasteiger charge is 2.22. The third-order valence-corrected chi connectivity index (χ3v) is 4.59. The maximum absolute atomic E-state index is 13.0. The number of hydrogen-bond donors (Lipinski definition) is 1. The number of morpholine rings is 1. The van der Waals surface area contributed by atoms with E-state index in [4.69, 9.17) is 14.2 Å². The number of hydrogen-bond acceptors (Lipinski definition) is 7. The molecule has 4 rings (SSSR count). The zero-order valence-electron chi connectivity index (χ0n) is 15.1. The molecule has 2 heterocycles. The van der Waals surface area contributed by atoms with Crippen LogP contribution in [0.4, 0.5) is 17.1 Å². The monoisotopic (exact) mass is 385 g/mol. The predicted octanol–water partition coefficient (Wildman–Crippen LogP) is 2.45. The molecular formula is C19H19N3O6. The van der Waals surface area contributed by atoms with Gasteiger partial charge >= 0.3 is 0 Å². The van der Waals surface area contributed by atoms with Crippen molar-refractivity contribution in [1.82, 2.24) is 0 Å². The Morgan fingerprint density at radius 3 is 2.50 bits per heavy atom. The van der Waals surface area contributed by atoms with Crippen LogP contribution in [0.15, 0.2) is 36.4 Å². The quantitative estimate of drug-likeness (QED) is 0.637. The second kappa shape index (κ2) is 7.73. The minimum absolute atomic E-state index is 0.135. The lowest BCUT2D eigenvalue weighted by molar-refractivity contribution is -0.384. The zero-order valence-corrected chi connectivity index (χ0v) is 15.1. The van der Waals surface area contributed by atoms with Crippen molar-refractivity contribution in [2.75, 3.05) is 49.7 Å². The Labute approximate surface area is 160 Å². The standard InChI is InChI=1S/C19H19N3O6/c23-19(20-13-1-4-17-18(11-13)28-10-9-27-17)15-12-14(22(24)25)2-3-16(15)21-5-7-26-8-6-21/h1-4,11-12H,5-10H2,(H,20,23). The van der Waals surface area contributed by atoms with Gasteiger partial charge in [0.15, 0.2) is 11.5 Å². The Morgan fingerprint density at radius 2 is 1.75 bits per heavy atom. The second-order valence-electron chi connectivity index (χ2n) is 6.37. The summed E-state index contributed by atoms with van der Waals surface area (Å²) in [5, 5.41) is 14.0. The molecule has 2 aromatic carbocycles. The van der Waals surface area contributed by atoms with Gasteiger partial charge in [-0.15, -0.1) is 0 Å². The van der Waals surface area contributed by atoms with E-state index in [1.54, 1.807) is 24.3 Å². The van der Waals surface area contributed by atoms with Crippen molar-refractivity contribution in [2.24, 2.45) is 0 Å². The van der Waals surface area contributed by atoms with Crippen LogP contribution in [0.1, 0.15) is 10.4 Å². The van der Waals surface area contributed by atoms with E-state index in [9.17, 15) is 14.9 Å². The Balaban J connectivity index is 1.63. The number of amides is 1. The van der Waals surface area contributed by atoms with Gasteiger partial charge in [-0.25, -0.2) is 0 Å². The number of anilines is 2. The van der Waals surface area contributed by atoms with Crippen LogP contribution in [-0.2, 0) is 4.74 Å². The van der Waals surface area contributed by atoms with E-state index < -0.39 is 10.8 Å². The summed E-state index contributed by atoms with van der Waals surface area (Å²) in [6.45, 7) is 3.23. The molecule has 0 aromatic heterocycles. The number of fused-ring (bicyclic) bond motifs is 1. The fourth-order valence-electron chi connectivity index (χ4n) is 3.22. The van der Waals surface area contributed by atoms with Gasteiger partial charge in [-0.1, -0.05) is 0 Å². The molecule has 0 atom stereocenters. The molecule has 2 aliphatic heterocycles. The number of ether oxygens (including phenoxy) is 3. The van der Waals surface area contributed by atoms with Crippen LogP contribution in [0.2, 0.25) is 0 Å². The van der Waals surface area contributed by atoms with E-state index in [0.717, 1.165) is 0 Å². The molecule has 0 radical (unpaired) electrons. The van der Waals surface area contributed by atoms with Gasteiger partial charge in [0, 0.05) is 37.0 Å². The highest BCUT2D eigenvalue weighted by molar-refractivity contribution is 6.08. The highest BCUT2D eigenvalue weighted by atomic mass is 16.6. The summed E-state index contributed by atoms with van der Waals surface area (Å²) in [5.74, 6) is 0.743. The molecule has 0 saturated carbocycles. The Kier molecular flexibility index (Phi) is 4.98. The molecule has 0 aliphatic carbocycles. The Bertz CT molecular complexity index is 911. The van der Waals surface area contributed by atoms with Gasteiger partial charge in [-0.2, -0.15) is 0 Å². The van der Waals surface area contributed by atoms with Crippen molar-refractivity contribution in [3.05, 3.63) is 52.1 Å². The van der Waals surface area contributed by atoms with Crippen molar-refractivity contribution in [3.63, 3.8) is 0 Å². The fourth-order valence-corrected chi connectivity index (χ4v) is 3.22.